The zero-order valence-electron chi connectivity index (χ0n) is 14.8. The van der Waals surface area contributed by atoms with Gasteiger partial charge in [-0.15, -0.1) is 0 Å². The first kappa shape index (κ1) is 19.0. The first-order chi connectivity index (χ1) is 12.8. The number of fused-ring (bicyclic) bond motifs is 1. The summed E-state index contributed by atoms with van der Waals surface area (Å²) in [7, 11) is -3.76. The highest BCUT2D eigenvalue weighted by molar-refractivity contribution is 7.89. The molecule has 2 aromatic rings. The summed E-state index contributed by atoms with van der Waals surface area (Å²) in [6, 6.07) is 10.5. The molecule has 3 rings (SSSR count). The van der Waals surface area contributed by atoms with Gasteiger partial charge in [-0.05, 0) is 43.3 Å². The van der Waals surface area contributed by atoms with Crippen molar-refractivity contribution in [3.8, 4) is 11.5 Å². The lowest BCUT2D eigenvalue weighted by Gasteiger charge is -2.17. The van der Waals surface area contributed by atoms with Crippen LogP contribution in [0.3, 0.4) is 0 Å². The van der Waals surface area contributed by atoms with Gasteiger partial charge >= 0.3 is 0 Å². The summed E-state index contributed by atoms with van der Waals surface area (Å²) in [5, 5.41) is 10.9. The summed E-state index contributed by atoms with van der Waals surface area (Å²) < 4.78 is 33.8. The zero-order chi connectivity index (χ0) is 19.4. The Hall–Kier alpha value is -2.78. The van der Waals surface area contributed by atoms with E-state index in [0.717, 1.165) is 12.1 Å². The third kappa shape index (κ3) is 4.89. The second kappa shape index (κ2) is 7.85. The molecule has 1 aliphatic heterocycles. The Kier molecular flexibility index (Phi) is 5.52. The van der Waals surface area contributed by atoms with Gasteiger partial charge in [-0.2, -0.15) is 0 Å². The van der Waals surface area contributed by atoms with E-state index in [2.05, 4.69) is 10.6 Å². The van der Waals surface area contributed by atoms with E-state index in [1.165, 1.54) is 24.3 Å². The highest BCUT2D eigenvalue weighted by Crippen LogP contribution is 2.32. The minimum atomic E-state index is -3.76. The summed E-state index contributed by atoms with van der Waals surface area (Å²) in [5.41, 5.74) is 1.20. The van der Waals surface area contributed by atoms with Gasteiger partial charge in [0.2, 0.25) is 15.9 Å². The molecule has 9 heteroatoms. The van der Waals surface area contributed by atoms with E-state index in [4.69, 9.17) is 14.6 Å². The lowest BCUT2D eigenvalue weighted by molar-refractivity contribution is -0.116. The fraction of sp³-hybridized carbons (Fsp3) is 0.278. The molecule has 2 aromatic carbocycles. The van der Waals surface area contributed by atoms with Crippen LogP contribution in [0.15, 0.2) is 47.4 Å². The zero-order valence-corrected chi connectivity index (χ0v) is 15.6. The summed E-state index contributed by atoms with van der Waals surface area (Å²) in [6.45, 7) is 2.92. The maximum atomic E-state index is 12.4. The normalized spacial score (nSPS) is 14.7. The van der Waals surface area contributed by atoms with Crippen molar-refractivity contribution in [3.63, 3.8) is 0 Å². The van der Waals surface area contributed by atoms with Crippen molar-refractivity contribution in [2.45, 2.75) is 24.3 Å². The molecule has 0 spiro atoms. The predicted molar refractivity (Wildman–Crippen MR) is 102 cm³/mol. The number of rotatable bonds is 5. The number of hydrogen-bond acceptors (Lipinski definition) is 6. The van der Waals surface area contributed by atoms with Crippen LogP contribution in [-0.4, -0.2) is 33.6 Å². The Morgan fingerprint density at radius 2 is 1.67 bits per heavy atom. The van der Waals surface area contributed by atoms with Crippen LogP contribution in [-0.2, 0) is 14.8 Å². The van der Waals surface area contributed by atoms with Gasteiger partial charge in [0.25, 0.3) is 0 Å². The molecule has 0 fully saturated rings. The molecule has 0 radical (unpaired) electrons. The largest absolute Gasteiger partial charge is 0.490 e. The second-order valence-corrected chi connectivity index (χ2v) is 7.70. The van der Waals surface area contributed by atoms with Gasteiger partial charge in [-0.1, -0.05) is 0 Å². The topological polar surface area (TPSA) is 120 Å². The van der Waals surface area contributed by atoms with Crippen molar-refractivity contribution in [1.29, 1.82) is 0 Å². The van der Waals surface area contributed by atoms with Crippen molar-refractivity contribution >= 4 is 27.3 Å². The molecule has 144 valence electrons. The summed E-state index contributed by atoms with van der Waals surface area (Å²) in [5.74, 6) is 1.05. The van der Waals surface area contributed by atoms with Crippen molar-refractivity contribution in [3.05, 3.63) is 42.5 Å². The lowest BCUT2D eigenvalue weighted by atomic mass is 10.2. The number of carbonyl (C=O) groups is 1. The van der Waals surface area contributed by atoms with Gasteiger partial charge in [0.05, 0.1) is 18.1 Å². The lowest BCUT2D eigenvalue weighted by Crippen LogP contribution is -2.31. The second-order valence-electron chi connectivity index (χ2n) is 6.14. The van der Waals surface area contributed by atoms with Crippen LogP contribution >= 0.6 is 0 Å². The number of nitrogens with one attached hydrogen (secondary N) is 2. The fourth-order valence-electron chi connectivity index (χ4n) is 2.55. The van der Waals surface area contributed by atoms with Gasteiger partial charge in [0.15, 0.2) is 11.5 Å². The average molecular weight is 391 g/mol. The van der Waals surface area contributed by atoms with E-state index in [1.807, 2.05) is 6.07 Å². The molecule has 0 bridgehead atoms. The van der Waals surface area contributed by atoms with Crippen LogP contribution in [0, 0.1) is 0 Å². The molecule has 0 saturated heterocycles. The Morgan fingerprint density at radius 1 is 1.04 bits per heavy atom. The van der Waals surface area contributed by atoms with E-state index < -0.39 is 16.1 Å². The van der Waals surface area contributed by atoms with E-state index in [0.29, 0.717) is 30.4 Å². The Labute approximate surface area is 157 Å². The minimum Gasteiger partial charge on any atom is -0.490 e. The third-order valence-electron chi connectivity index (χ3n) is 3.97. The number of carbonyl (C=O) groups excluding carboxylic acids is 1. The molecule has 1 atom stereocenters. The van der Waals surface area contributed by atoms with Gasteiger partial charge in [0.1, 0.15) is 6.04 Å². The fourth-order valence-corrected chi connectivity index (χ4v) is 3.06. The smallest absolute Gasteiger partial charge is 0.246 e. The summed E-state index contributed by atoms with van der Waals surface area (Å²) >= 11 is 0. The van der Waals surface area contributed by atoms with Gasteiger partial charge in [0, 0.05) is 23.9 Å². The first-order valence-corrected chi connectivity index (χ1v) is 9.97. The number of primary sulfonamides is 1. The molecule has 1 aliphatic rings. The standard InChI is InChI=1S/C18H21N3O5S/c1-12(18(22)21-13-3-6-15(7-4-13)27(19,23)24)20-14-5-8-16-17(11-14)26-10-2-9-25-16/h3-8,11-12,20H,2,9-10H2,1H3,(H,21,22)(H2,19,23,24). The van der Waals surface area contributed by atoms with Gasteiger partial charge in [-0.3, -0.25) is 4.79 Å². The minimum absolute atomic E-state index is 0.0149. The molecule has 1 amide bonds. The number of hydrogen-bond donors (Lipinski definition) is 3. The van der Waals surface area contributed by atoms with E-state index in [9.17, 15) is 13.2 Å². The molecular formula is C18H21N3O5S. The monoisotopic (exact) mass is 391 g/mol. The van der Waals surface area contributed by atoms with Crippen LogP contribution in [0.1, 0.15) is 13.3 Å². The van der Waals surface area contributed by atoms with Crippen LogP contribution in [0.5, 0.6) is 11.5 Å². The highest BCUT2D eigenvalue weighted by atomic mass is 32.2. The molecule has 0 saturated carbocycles. The Balaban J connectivity index is 1.63. The molecular weight excluding hydrogens is 370 g/mol. The Bertz CT molecular complexity index is 929. The molecule has 8 nitrogen and oxygen atoms in total. The summed E-state index contributed by atoms with van der Waals surface area (Å²) in [4.78, 5) is 12.4. The SMILES string of the molecule is CC(Nc1ccc2c(c1)OCCCO2)C(=O)Nc1ccc(S(N)(=O)=O)cc1. The molecule has 4 N–H and O–H groups in total. The molecule has 1 unspecified atom stereocenters. The average Bonchev–Trinajstić information content (AvgIpc) is 2.86. The van der Waals surface area contributed by atoms with Crippen molar-refractivity contribution in [1.82, 2.24) is 0 Å². The van der Waals surface area contributed by atoms with Crippen LogP contribution < -0.4 is 25.2 Å². The van der Waals surface area contributed by atoms with Crippen LogP contribution in [0.2, 0.25) is 0 Å². The van der Waals surface area contributed by atoms with E-state index >= 15 is 0 Å². The molecule has 1 heterocycles. The molecule has 27 heavy (non-hydrogen) atoms. The number of nitrogens with two attached hydrogens (primary N) is 1. The van der Waals surface area contributed by atoms with Crippen LogP contribution in [0.4, 0.5) is 11.4 Å². The van der Waals surface area contributed by atoms with Crippen LogP contribution in [0.25, 0.3) is 0 Å². The number of amides is 1. The Morgan fingerprint density at radius 3 is 2.33 bits per heavy atom. The number of sulfonamides is 1. The maximum Gasteiger partial charge on any atom is 0.246 e. The quantitative estimate of drug-likeness (QED) is 0.716. The van der Waals surface area contributed by atoms with Gasteiger partial charge in [-0.25, -0.2) is 13.6 Å². The number of ether oxygens (including phenoxy) is 2. The highest BCUT2D eigenvalue weighted by Gasteiger charge is 2.16. The van der Waals surface area contributed by atoms with E-state index in [-0.39, 0.29) is 10.8 Å². The number of anilines is 2. The number of benzene rings is 2. The molecule has 0 aromatic heterocycles. The van der Waals surface area contributed by atoms with Crippen molar-refractivity contribution < 1.29 is 22.7 Å². The first-order valence-electron chi connectivity index (χ1n) is 8.43. The maximum absolute atomic E-state index is 12.4. The van der Waals surface area contributed by atoms with Gasteiger partial charge < -0.3 is 20.1 Å². The van der Waals surface area contributed by atoms with Crippen molar-refractivity contribution in [2.75, 3.05) is 23.8 Å². The predicted octanol–water partition coefficient (Wildman–Crippen LogP) is 1.93. The summed E-state index contributed by atoms with van der Waals surface area (Å²) in [6.07, 6.45) is 0.820. The van der Waals surface area contributed by atoms with Crippen molar-refractivity contribution in [2.24, 2.45) is 5.14 Å². The van der Waals surface area contributed by atoms with E-state index in [1.54, 1.807) is 19.1 Å². The molecule has 0 aliphatic carbocycles. The third-order valence-corrected chi connectivity index (χ3v) is 4.90.